The molecule has 1 aliphatic rings. The van der Waals surface area contributed by atoms with E-state index >= 15 is 0 Å². The van der Waals surface area contributed by atoms with Crippen LogP contribution in [-0.2, 0) is 6.42 Å². The van der Waals surface area contributed by atoms with Gasteiger partial charge in [-0.3, -0.25) is 0 Å². The van der Waals surface area contributed by atoms with Crippen LogP contribution >= 0.6 is 0 Å². The van der Waals surface area contributed by atoms with E-state index < -0.39 is 0 Å². The molecule has 0 saturated heterocycles. The average molecular weight is 991 g/mol. The van der Waals surface area contributed by atoms with Gasteiger partial charge in [0.25, 0.3) is 0 Å². The molecule has 0 spiro atoms. The Balaban J connectivity index is 0.000000441. The smallest absolute Gasteiger partial charge is 0.159 e. The molecule has 0 radical (unpaired) electrons. The maximum absolute atomic E-state index is 6.89. The quantitative estimate of drug-likeness (QED) is 0.118. The molecule has 5 nitrogen and oxygen atoms in total. The lowest BCUT2D eigenvalue weighted by atomic mass is 9.97. The van der Waals surface area contributed by atoms with E-state index in [1.807, 2.05) is 36.4 Å². The summed E-state index contributed by atoms with van der Waals surface area (Å²) in [4.78, 5) is 0. The summed E-state index contributed by atoms with van der Waals surface area (Å²) in [5, 5.41) is 9.05. The van der Waals surface area contributed by atoms with Gasteiger partial charge in [-0.05, 0) is 133 Å². The van der Waals surface area contributed by atoms with E-state index in [1.165, 1.54) is 32.8 Å². The summed E-state index contributed by atoms with van der Waals surface area (Å²) in [6.07, 6.45) is 15.9. The fourth-order valence-corrected chi connectivity index (χ4v) is 12.0. The van der Waals surface area contributed by atoms with E-state index in [1.54, 1.807) is 6.08 Å². The van der Waals surface area contributed by atoms with Gasteiger partial charge < -0.3 is 22.4 Å². The Kier molecular flexibility index (Phi) is 10.7. The van der Waals surface area contributed by atoms with Crippen molar-refractivity contribution in [2.24, 2.45) is 0 Å². The lowest BCUT2D eigenvalue weighted by molar-refractivity contribution is 0.596. The van der Waals surface area contributed by atoms with E-state index in [0.29, 0.717) is 0 Å². The molecule has 5 aromatic heterocycles. The Morgan fingerprint density at radius 2 is 1.25 bits per heavy atom. The topological polar surface area (TPSA) is 49.3 Å². The molecule has 0 bridgehead atoms. The summed E-state index contributed by atoms with van der Waals surface area (Å²) in [5.41, 5.74) is 19.9. The second-order valence-corrected chi connectivity index (χ2v) is 20.0. The highest BCUT2D eigenvalue weighted by Crippen LogP contribution is 2.44. The number of terminal acetylenes is 1. The van der Waals surface area contributed by atoms with Gasteiger partial charge in [-0.25, -0.2) is 0 Å². The third-order valence-corrected chi connectivity index (χ3v) is 15.7. The van der Waals surface area contributed by atoms with Crippen molar-refractivity contribution in [1.82, 2.24) is 9.13 Å². The SMILES string of the molecule is C#C/C=C(/c1ccc2c(c1)c1ccccc1n2-c1cccc2c1oc1ccc(-n3c4ccccc4c4cc(-c5cccc6c7c(oc56)C=CCC7)ccc43)cc12)c1oc2ccccc2c1C.C=CC(=C)c1ccccc1C. The van der Waals surface area contributed by atoms with Crippen molar-refractivity contribution in [2.45, 2.75) is 26.7 Å². The summed E-state index contributed by atoms with van der Waals surface area (Å²) in [6, 6.07) is 66.6. The predicted molar refractivity (Wildman–Crippen MR) is 322 cm³/mol. The molecule has 0 saturated carbocycles. The molecule has 0 unspecified atom stereocenters. The summed E-state index contributed by atoms with van der Waals surface area (Å²) >= 11 is 0. The van der Waals surface area contributed by atoms with E-state index in [0.717, 1.165) is 140 Å². The van der Waals surface area contributed by atoms with Crippen LogP contribution in [0, 0.1) is 26.2 Å². The predicted octanol–water partition coefficient (Wildman–Crippen LogP) is 19.5. The Morgan fingerprint density at radius 1 is 0.571 bits per heavy atom. The van der Waals surface area contributed by atoms with Crippen molar-refractivity contribution in [1.29, 1.82) is 0 Å². The Morgan fingerprint density at radius 3 is 2.05 bits per heavy atom. The minimum Gasteiger partial charge on any atom is -0.456 e. The van der Waals surface area contributed by atoms with Gasteiger partial charge in [0.15, 0.2) is 5.58 Å². The van der Waals surface area contributed by atoms with Crippen molar-refractivity contribution >= 4 is 105 Å². The van der Waals surface area contributed by atoms with Crippen LogP contribution in [0.15, 0.2) is 233 Å². The monoisotopic (exact) mass is 990 g/mol. The van der Waals surface area contributed by atoms with Gasteiger partial charge in [-0.1, -0.05) is 153 Å². The number of benzene rings is 9. The molecule has 14 aromatic rings. The highest BCUT2D eigenvalue weighted by atomic mass is 16.3. The molecule has 0 fully saturated rings. The molecule has 5 heteroatoms. The molecule has 77 heavy (non-hydrogen) atoms. The number of allylic oxidation sites excluding steroid dienone is 4. The number of fused-ring (bicyclic) bond motifs is 13. The lowest BCUT2D eigenvalue weighted by Gasteiger charge is -2.10. The second-order valence-electron chi connectivity index (χ2n) is 20.0. The zero-order chi connectivity index (χ0) is 51.9. The van der Waals surface area contributed by atoms with Crippen molar-refractivity contribution < 1.29 is 13.3 Å². The fourth-order valence-electron chi connectivity index (χ4n) is 12.0. The highest BCUT2D eigenvalue weighted by Gasteiger charge is 2.23. The molecule has 9 aromatic carbocycles. The summed E-state index contributed by atoms with van der Waals surface area (Å²) in [6.45, 7) is 11.7. The molecule has 0 atom stereocenters. The molecule has 0 aliphatic heterocycles. The van der Waals surface area contributed by atoms with Crippen molar-refractivity contribution in [3.05, 3.63) is 259 Å². The zero-order valence-corrected chi connectivity index (χ0v) is 42.7. The molecule has 5 heterocycles. The second kappa shape index (κ2) is 18.1. The van der Waals surface area contributed by atoms with Crippen LogP contribution < -0.4 is 0 Å². The largest absolute Gasteiger partial charge is 0.456 e. The fraction of sp³-hybridized carbons (Fsp3) is 0.0556. The molecular formula is C72H50N2O3. The van der Waals surface area contributed by atoms with Crippen molar-refractivity contribution in [3.8, 4) is 34.8 Å². The molecule has 1 aliphatic carbocycles. The van der Waals surface area contributed by atoms with Gasteiger partial charge in [0, 0.05) is 71.0 Å². The normalized spacial score (nSPS) is 12.6. The highest BCUT2D eigenvalue weighted by molar-refractivity contribution is 6.15. The Bertz CT molecular complexity index is 4890. The van der Waals surface area contributed by atoms with Crippen LogP contribution in [0.25, 0.3) is 127 Å². The number of para-hydroxylation sites is 5. The van der Waals surface area contributed by atoms with E-state index in [-0.39, 0.29) is 0 Å². The van der Waals surface area contributed by atoms with E-state index in [4.69, 9.17) is 19.7 Å². The van der Waals surface area contributed by atoms with Gasteiger partial charge in [0.1, 0.15) is 28.3 Å². The minimum absolute atomic E-state index is 0.785. The van der Waals surface area contributed by atoms with Gasteiger partial charge in [0.2, 0.25) is 0 Å². The number of furan rings is 3. The molecular weight excluding hydrogens is 941 g/mol. The number of hydrogen-bond donors (Lipinski definition) is 0. The van der Waals surface area contributed by atoms with Gasteiger partial charge in [-0.2, -0.15) is 0 Å². The van der Waals surface area contributed by atoms with E-state index in [2.05, 4.69) is 212 Å². The van der Waals surface area contributed by atoms with Crippen LogP contribution in [0.4, 0.5) is 0 Å². The Labute approximate surface area is 445 Å². The van der Waals surface area contributed by atoms with Crippen molar-refractivity contribution in [2.75, 3.05) is 0 Å². The molecule has 0 N–H and O–H groups in total. The average Bonchev–Trinajstić information content (AvgIpc) is 4.45. The first kappa shape index (κ1) is 45.6. The number of aryl methyl sites for hydroxylation is 3. The summed E-state index contributed by atoms with van der Waals surface area (Å²) < 4.78 is 24.6. The molecule has 366 valence electrons. The van der Waals surface area contributed by atoms with Gasteiger partial charge in [0.05, 0.1) is 27.8 Å². The number of aromatic nitrogens is 2. The summed E-state index contributed by atoms with van der Waals surface area (Å²) in [5.74, 6) is 4.56. The van der Waals surface area contributed by atoms with E-state index in [9.17, 15) is 0 Å². The lowest BCUT2D eigenvalue weighted by Crippen LogP contribution is -1.95. The van der Waals surface area contributed by atoms with Crippen LogP contribution in [0.1, 0.15) is 45.8 Å². The molecule has 0 amide bonds. The van der Waals surface area contributed by atoms with Crippen LogP contribution in [-0.4, -0.2) is 9.13 Å². The van der Waals surface area contributed by atoms with Gasteiger partial charge in [-0.15, -0.1) is 6.42 Å². The third kappa shape index (κ3) is 7.25. The number of nitrogens with zero attached hydrogens (tertiary/aromatic N) is 2. The Hall–Kier alpha value is -10.0. The molecule has 15 rings (SSSR count). The summed E-state index contributed by atoms with van der Waals surface area (Å²) in [7, 11) is 0. The maximum Gasteiger partial charge on any atom is 0.159 e. The standard InChI is InChI=1S/C61H38N2O3.C11H12/c1-3-14-41(59-36(2)40-15-6-10-25-56(40)64-59)37-28-31-54-49(33-37)44-17-5-9-23-52(44)63(54)55-24-13-21-47-50-35-39(29-32-58(50)66-61(47)55)62-51-22-8-4-16-43(51)48-34-38(27-30-53(48)62)42-19-12-20-46-45-18-7-11-26-57(45)65-60(42)46;1-4-9(2)11-8-6-5-7-10(11)3/h1,4-6,8-17,19-35H,7,18H2,2H3;4-8H,1-2H2,3H3/b41-14-;. The first-order valence-electron chi connectivity index (χ1n) is 26.1. The maximum atomic E-state index is 6.89. The first-order chi connectivity index (χ1) is 37.9. The van der Waals surface area contributed by atoms with Crippen LogP contribution in [0.5, 0.6) is 0 Å². The zero-order valence-electron chi connectivity index (χ0n) is 42.7. The van der Waals surface area contributed by atoms with Gasteiger partial charge >= 0.3 is 0 Å². The van der Waals surface area contributed by atoms with Crippen molar-refractivity contribution in [3.63, 3.8) is 0 Å². The number of rotatable bonds is 7. The first-order valence-corrected chi connectivity index (χ1v) is 26.1. The van der Waals surface area contributed by atoms with Crippen LogP contribution in [0.2, 0.25) is 0 Å². The third-order valence-electron chi connectivity index (χ3n) is 15.7. The van der Waals surface area contributed by atoms with Crippen LogP contribution in [0.3, 0.4) is 0 Å². The minimum atomic E-state index is 0.785. The number of hydrogen-bond acceptors (Lipinski definition) is 3.